The van der Waals surface area contributed by atoms with Crippen molar-refractivity contribution in [1.82, 2.24) is 9.97 Å². The van der Waals surface area contributed by atoms with Gasteiger partial charge in [0.2, 0.25) is 0 Å². The molecule has 1 aliphatic heterocycles. The summed E-state index contributed by atoms with van der Waals surface area (Å²) in [5, 5.41) is 9.90. The lowest BCUT2D eigenvalue weighted by molar-refractivity contribution is 0.142. The van der Waals surface area contributed by atoms with Gasteiger partial charge in [0.1, 0.15) is 18.5 Å². The molecular weight excluding hydrogens is 437 g/mol. The Morgan fingerprint density at radius 3 is 2.47 bits per heavy atom. The second kappa shape index (κ2) is 9.50. The van der Waals surface area contributed by atoms with Gasteiger partial charge in [-0.15, -0.1) is 0 Å². The molecule has 0 bridgehead atoms. The van der Waals surface area contributed by atoms with Crippen LogP contribution in [-0.4, -0.2) is 54.1 Å². The van der Waals surface area contributed by atoms with Crippen LogP contribution in [0.1, 0.15) is 45.0 Å². The van der Waals surface area contributed by atoms with Gasteiger partial charge in [0.25, 0.3) is 0 Å². The number of carbonyl (C=O) groups is 1. The first-order valence-corrected chi connectivity index (χ1v) is 12.1. The first-order chi connectivity index (χ1) is 15.0. The van der Waals surface area contributed by atoms with E-state index in [1.807, 2.05) is 20.8 Å². The van der Waals surface area contributed by atoms with Crippen LogP contribution < -0.4 is 4.90 Å². The summed E-state index contributed by atoms with van der Waals surface area (Å²) in [6.45, 7) is 7.07. The molecule has 1 amide bonds. The molecule has 2 heterocycles. The Morgan fingerprint density at radius 2 is 1.88 bits per heavy atom. The number of benzene rings is 1. The number of hydrogen-bond acceptors (Lipinski definition) is 7. The quantitative estimate of drug-likeness (QED) is 0.638. The number of sulfone groups is 1. The fraction of sp³-hybridized carbons (Fsp3) is 0.500. The summed E-state index contributed by atoms with van der Waals surface area (Å²) in [7, 11) is -3.33. The van der Waals surface area contributed by atoms with Gasteiger partial charge >= 0.3 is 6.09 Å². The molecule has 0 unspecified atom stereocenters. The minimum Gasteiger partial charge on any atom is -0.447 e. The largest absolute Gasteiger partial charge is 0.447 e. The van der Waals surface area contributed by atoms with Crippen LogP contribution in [0.5, 0.6) is 0 Å². The van der Waals surface area contributed by atoms with Crippen molar-refractivity contribution in [2.45, 2.75) is 57.1 Å². The lowest BCUT2D eigenvalue weighted by Gasteiger charge is -2.23. The van der Waals surface area contributed by atoms with E-state index in [1.54, 1.807) is 24.3 Å². The van der Waals surface area contributed by atoms with E-state index in [2.05, 4.69) is 9.97 Å². The molecule has 1 saturated heterocycles. The molecule has 3 atom stereocenters. The van der Waals surface area contributed by atoms with Gasteiger partial charge in [-0.2, -0.15) is 0 Å². The number of aliphatic hydroxyl groups excluding tert-OH is 1. The minimum absolute atomic E-state index is 0.0322. The Balaban J connectivity index is 1.79. The van der Waals surface area contributed by atoms with Crippen LogP contribution in [0.2, 0.25) is 0 Å². The highest BCUT2D eigenvalue weighted by molar-refractivity contribution is 7.91. The van der Waals surface area contributed by atoms with Crippen LogP contribution in [0.4, 0.5) is 15.0 Å². The van der Waals surface area contributed by atoms with E-state index in [1.165, 1.54) is 6.92 Å². The zero-order valence-corrected chi connectivity index (χ0v) is 19.3. The SMILES string of the molecule is CC(C)CS(=O)(=O)c1ccc([C@H](C)Cc2ncc(F)c(N3C(=O)OC[C@@H]3[C@@H](C)O)n2)cc1. The Bertz CT molecular complexity index is 1070. The average Bonchev–Trinajstić information content (AvgIpc) is 3.10. The van der Waals surface area contributed by atoms with Crippen molar-refractivity contribution in [3.63, 3.8) is 0 Å². The van der Waals surface area contributed by atoms with Gasteiger partial charge in [0.05, 0.1) is 22.9 Å². The lowest BCUT2D eigenvalue weighted by Crippen LogP contribution is -2.42. The fourth-order valence-electron chi connectivity index (χ4n) is 3.63. The van der Waals surface area contributed by atoms with Gasteiger partial charge in [0, 0.05) is 6.42 Å². The number of cyclic esters (lactones) is 1. The number of hydrogen-bond donors (Lipinski definition) is 1. The van der Waals surface area contributed by atoms with Crippen molar-refractivity contribution in [2.24, 2.45) is 5.92 Å². The molecule has 2 aromatic rings. The smallest absolute Gasteiger partial charge is 0.416 e. The molecule has 32 heavy (non-hydrogen) atoms. The zero-order chi connectivity index (χ0) is 23.6. The van der Waals surface area contributed by atoms with Crippen LogP contribution in [0, 0.1) is 11.7 Å². The van der Waals surface area contributed by atoms with Crippen LogP contribution in [-0.2, 0) is 21.0 Å². The number of nitrogens with zero attached hydrogens (tertiary/aromatic N) is 3. The molecule has 1 aromatic heterocycles. The first kappa shape index (κ1) is 24.1. The molecule has 10 heteroatoms. The Hall–Kier alpha value is -2.59. The minimum atomic E-state index is -3.33. The maximum atomic E-state index is 14.4. The lowest BCUT2D eigenvalue weighted by atomic mass is 9.97. The van der Waals surface area contributed by atoms with Gasteiger partial charge in [-0.1, -0.05) is 32.9 Å². The number of aliphatic hydroxyl groups is 1. The molecule has 0 spiro atoms. The number of halogens is 1. The van der Waals surface area contributed by atoms with E-state index < -0.39 is 33.9 Å². The maximum Gasteiger partial charge on any atom is 0.416 e. The topological polar surface area (TPSA) is 110 Å². The molecule has 1 aliphatic rings. The number of aromatic nitrogens is 2. The third-order valence-corrected chi connectivity index (χ3v) is 7.41. The summed E-state index contributed by atoms with van der Waals surface area (Å²) >= 11 is 0. The highest BCUT2D eigenvalue weighted by Gasteiger charge is 2.39. The molecule has 1 N–H and O–H groups in total. The summed E-state index contributed by atoms with van der Waals surface area (Å²) in [5.74, 6) is -0.677. The summed E-state index contributed by atoms with van der Waals surface area (Å²) in [6, 6.07) is 5.95. The second-order valence-corrected chi connectivity index (χ2v) is 10.6. The van der Waals surface area contributed by atoms with Gasteiger partial charge in [-0.25, -0.2) is 32.5 Å². The molecule has 0 saturated carbocycles. The number of amides is 1. The van der Waals surface area contributed by atoms with Gasteiger partial charge in [0.15, 0.2) is 21.5 Å². The molecule has 0 radical (unpaired) electrons. The Labute approximate surface area is 187 Å². The molecule has 174 valence electrons. The molecule has 1 aromatic carbocycles. The van der Waals surface area contributed by atoms with Crippen molar-refractivity contribution < 1.29 is 27.4 Å². The summed E-state index contributed by atoms with van der Waals surface area (Å²) in [5.41, 5.74) is 0.880. The molecule has 0 aliphatic carbocycles. The predicted octanol–water partition coefficient (Wildman–Crippen LogP) is 3.10. The van der Waals surface area contributed by atoms with Gasteiger partial charge in [-0.3, -0.25) is 0 Å². The predicted molar refractivity (Wildman–Crippen MR) is 117 cm³/mol. The van der Waals surface area contributed by atoms with Crippen LogP contribution >= 0.6 is 0 Å². The van der Waals surface area contributed by atoms with E-state index in [0.717, 1.165) is 16.7 Å². The molecule has 1 fully saturated rings. The van der Waals surface area contributed by atoms with E-state index >= 15 is 0 Å². The highest BCUT2D eigenvalue weighted by Crippen LogP contribution is 2.27. The van der Waals surface area contributed by atoms with Gasteiger partial charge < -0.3 is 9.84 Å². The second-order valence-electron chi connectivity index (χ2n) is 8.56. The maximum absolute atomic E-state index is 14.4. The summed E-state index contributed by atoms with van der Waals surface area (Å²) in [6.07, 6.45) is -0.362. The van der Waals surface area contributed by atoms with E-state index in [9.17, 15) is 22.7 Å². The number of carbonyl (C=O) groups excluding carboxylic acids is 1. The number of anilines is 1. The number of ether oxygens (including phenoxy) is 1. The number of rotatable bonds is 8. The first-order valence-electron chi connectivity index (χ1n) is 10.5. The van der Waals surface area contributed by atoms with Crippen LogP contribution in [0.25, 0.3) is 0 Å². The standard InChI is InChI=1S/C22H28FN3O5S/c1-13(2)12-32(29,30)17-7-5-16(6-8-17)14(3)9-20-24-10-18(23)21(25-20)26-19(15(4)27)11-31-22(26)28/h5-8,10,13-15,19,27H,9,11-12H2,1-4H3/t14-,15-,19-/m1/s1. The van der Waals surface area contributed by atoms with E-state index in [-0.39, 0.29) is 34.9 Å². The summed E-state index contributed by atoms with van der Waals surface area (Å²) in [4.78, 5) is 21.6. The molecule has 3 rings (SSSR count). The van der Waals surface area contributed by atoms with Gasteiger partial charge in [-0.05, 0) is 36.5 Å². The molecule has 8 nitrogen and oxygen atoms in total. The monoisotopic (exact) mass is 465 g/mol. The normalized spacial score (nSPS) is 18.7. The molecular formula is C22H28FN3O5S. The van der Waals surface area contributed by atoms with Crippen molar-refractivity contribution in [2.75, 3.05) is 17.3 Å². The van der Waals surface area contributed by atoms with E-state index in [0.29, 0.717) is 12.2 Å². The van der Waals surface area contributed by atoms with E-state index in [4.69, 9.17) is 4.74 Å². The summed E-state index contributed by atoms with van der Waals surface area (Å²) < 4.78 is 44.2. The average molecular weight is 466 g/mol. The third kappa shape index (κ3) is 5.24. The van der Waals surface area contributed by atoms with Crippen LogP contribution in [0.15, 0.2) is 35.4 Å². The third-order valence-electron chi connectivity index (χ3n) is 5.32. The van der Waals surface area contributed by atoms with Crippen molar-refractivity contribution >= 4 is 21.7 Å². The zero-order valence-electron chi connectivity index (χ0n) is 18.5. The Kier molecular flexibility index (Phi) is 7.14. The van der Waals surface area contributed by atoms with Crippen molar-refractivity contribution in [3.8, 4) is 0 Å². The highest BCUT2D eigenvalue weighted by atomic mass is 32.2. The fourth-order valence-corrected chi connectivity index (χ4v) is 5.25. The van der Waals surface area contributed by atoms with Crippen molar-refractivity contribution in [1.29, 1.82) is 0 Å². The van der Waals surface area contributed by atoms with Crippen molar-refractivity contribution in [3.05, 3.63) is 47.7 Å². The Morgan fingerprint density at radius 1 is 1.22 bits per heavy atom. The van der Waals surface area contributed by atoms with Crippen LogP contribution in [0.3, 0.4) is 0 Å².